The standard InChI is InChI=1S/C15H28N2O4S/c1-2-3-4-5-6-7-8-16-15-17-10(9-22-15)11(18)12(19)13(20)14(17)21/h10-14,18-21H,2-9H2,1H3/t10-,11-,12+,13-,14+/m1/s1. The monoisotopic (exact) mass is 332 g/mol. The zero-order valence-electron chi connectivity index (χ0n) is 13.1. The van der Waals surface area contributed by atoms with Crippen molar-refractivity contribution in [3.8, 4) is 0 Å². The van der Waals surface area contributed by atoms with Gasteiger partial charge in [-0.05, 0) is 6.42 Å². The van der Waals surface area contributed by atoms with Crippen molar-refractivity contribution in [3.63, 3.8) is 0 Å². The average molecular weight is 332 g/mol. The van der Waals surface area contributed by atoms with Crippen molar-refractivity contribution >= 4 is 16.9 Å². The molecule has 0 radical (unpaired) electrons. The topological polar surface area (TPSA) is 96.5 Å². The van der Waals surface area contributed by atoms with E-state index in [2.05, 4.69) is 11.9 Å². The third-order valence-electron chi connectivity index (χ3n) is 4.40. The van der Waals surface area contributed by atoms with E-state index in [1.807, 2.05) is 0 Å². The molecule has 0 aromatic rings. The van der Waals surface area contributed by atoms with Gasteiger partial charge >= 0.3 is 0 Å². The van der Waals surface area contributed by atoms with Gasteiger partial charge in [0.15, 0.2) is 11.4 Å². The van der Waals surface area contributed by atoms with Crippen LogP contribution in [0.15, 0.2) is 4.99 Å². The van der Waals surface area contributed by atoms with Gasteiger partial charge in [0.2, 0.25) is 0 Å². The predicted molar refractivity (Wildman–Crippen MR) is 87.8 cm³/mol. The highest BCUT2D eigenvalue weighted by Crippen LogP contribution is 2.34. The van der Waals surface area contributed by atoms with E-state index in [-0.39, 0.29) is 6.04 Å². The molecule has 0 amide bonds. The second-order valence-electron chi connectivity index (χ2n) is 6.10. The van der Waals surface area contributed by atoms with Crippen LogP contribution in [-0.4, -0.2) is 73.4 Å². The minimum atomic E-state index is -1.37. The summed E-state index contributed by atoms with van der Waals surface area (Å²) in [5.74, 6) is 0.567. The average Bonchev–Trinajstić information content (AvgIpc) is 2.94. The maximum atomic E-state index is 10.1. The van der Waals surface area contributed by atoms with E-state index in [9.17, 15) is 20.4 Å². The Bertz CT molecular complexity index is 383. The molecule has 5 atom stereocenters. The van der Waals surface area contributed by atoms with Crippen molar-refractivity contribution in [2.24, 2.45) is 4.99 Å². The summed E-state index contributed by atoms with van der Waals surface area (Å²) in [4.78, 5) is 6.07. The smallest absolute Gasteiger partial charge is 0.161 e. The lowest BCUT2D eigenvalue weighted by atomic mass is 9.94. The maximum absolute atomic E-state index is 10.1. The fraction of sp³-hybridized carbons (Fsp3) is 0.933. The number of piperidine rings is 1. The van der Waals surface area contributed by atoms with E-state index >= 15 is 0 Å². The van der Waals surface area contributed by atoms with Crippen LogP contribution in [0.1, 0.15) is 45.4 Å². The van der Waals surface area contributed by atoms with Crippen molar-refractivity contribution < 1.29 is 20.4 Å². The maximum Gasteiger partial charge on any atom is 0.161 e. The number of aliphatic hydroxyl groups is 4. The SMILES string of the molecule is CCCCCCCCN=C1SC[C@@H]2[C@@H](O)[C@H](O)[C@@H](O)[C@H](O)N12. The van der Waals surface area contributed by atoms with Gasteiger partial charge in [0, 0.05) is 12.3 Å². The molecule has 0 aromatic heterocycles. The Morgan fingerprint density at radius 3 is 2.41 bits per heavy atom. The Labute approximate surface area is 136 Å². The molecule has 0 spiro atoms. The van der Waals surface area contributed by atoms with Crippen LogP contribution in [0, 0.1) is 0 Å². The second-order valence-corrected chi connectivity index (χ2v) is 7.09. The molecule has 4 N–H and O–H groups in total. The molecule has 22 heavy (non-hydrogen) atoms. The van der Waals surface area contributed by atoms with Gasteiger partial charge in [0.05, 0.1) is 6.04 Å². The van der Waals surface area contributed by atoms with Crippen LogP contribution < -0.4 is 0 Å². The summed E-state index contributed by atoms with van der Waals surface area (Å²) in [6.07, 6.45) is 2.23. The summed E-state index contributed by atoms with van der Waals surface area (Å²) in [7, 11) is 0. The number of nitrogens with zero attached hydrogens (tertiary/aromatic N) is 2. The lowest BCUT2D eigenvalue weighted by Gasteiger charge is -2.44. The molecule has 0 bridgehead atoms. The number of amidine groups is 1. The Morgan fingerprint density at radius 2 is 1.68 bits per heavy atom. The van der Waals surface area contributed by atoms with Crippen LogP contribution in [0.25, 0.3) is 0 Å². The summed E-state index contributed by atoms with van der Waals surface area (Å²) in [6.45, 7) is 2.89. The number of fused-ring (bicyclic) bond motifs is 1. The van der Waals surface area contributed by atoms with Gasteiger partial charge in [-0.1, -0.05) is 50.8 Å². The van der Waals surface area contributed by atoms with Crippen LogP contribution in [0.4, 0.5) is 0 Å². The van der Waals surface area contributed by atoms with E-state index in [0.29, 0.717) is 17.5 Å². The van der Waals surface area contributed by atoms with Gasteiger partial charge in [-0.15, -0.1) is 0 Å². The van der Waals surface area contributed by atoms with Crippen molar-refractivity contribution in [3.05, 3.63) is 0 Å². The number of hydrogen-bond donors (Lipinski definition) is 4. The molecule has 7 heteroatoms. The Kier molecular flexibility index (Phi) is 6.95. The fourth-order valence-electron chi connectivity index (χ4n) is 2.99. The minimum Gasteiger partial charge on any atom is -0.388 e. The first-order valence-corrected chi connectivity index (χ1v) is 9.24. The van der Waals surface area contributed by atoms with Crippen LogP contribution in [0.2, 0.25) is 0 Å². The Morgan fingerprint density at radius 1 is 1.00 bits per heavy atom. The summed E-state index contributed by atoms with van der Waals surface area (Å²) in [5, 5.41) is 40.3. The second kappa shape index (κ2) is 8.49. The lowest BCUT2D eigenvalue weighted by Crippen LogP contribution is -2.65. The molecule has 2 rings (SSSR count). The first-order valence-electron chi connectivity index (χ1n) is 8.25. The highest BCUT2D eigenvalue weighted by Gasteiger charge is 2.51. The number of hydrogen-bond acceptors (Lipinski definition) is 6. The number of aliphatic hydroxyl groups excluding tert-OH is 4. The molecule has 2 saturated heterocycles. The van der Waals surface area contributed by atoms with E-state index < -0.39 is 24.5 Å². The van der Waals surface area contributed by atoms with Crippen molar-refractivity contribution in [2.45, 2.75) is 76.0 Å². The van der Waals surface area contributed by atoms with E-state index in [4.69, 9.17) is 0 Å². The molecule has 2 fully saturated rings. The molecule has 6 nitrogen and oxygen atoms in total. The van der Waals surface area contributed by atoms with Crippen LogP contribution in [0.3, 0.4) is 0 Å². The predicted octanol–water partition coefficient (Wildman–Crippen LogP) is 0.535. The Balaban J connectivity index is 1.84. The van der Waals surface area contributed by atoms with Crippen molar-refractivity contribution in [1.29, 1.82) is 0 Å². The number of rotatable bonds is 7. The first-order chi connectivity index (χ1) is 10.6. The molecule has 2 aliphatic rings. The zero-order valence-corrected chi connectivity index (χ0v) is 14.0. The number of aliphatic imine (C=N–C) groups is 1. The molecular formula is C15H28N2O4S. The highest BCUT2D eigenvalue weighted by atomic mass is 32.2. The summed E-state index contributed by atoms with van der Waals surface area (Å²) >= 11 is 1.46. The molecule has 128 valence electrons. The van der Waals surface area contributed by atoms with Gasteiger partial charge in [-0.25, -0.2) is 0 Å². The first kappa shape index (κ1) is 18.0. The summed E-state index contributed by atoms with van der Waals surface area (Å²) in [5.41, 5.74) is 0. The number of thioether (sulfide) groups is 1. The third kappa shape index (κ3) is 3.94. The van der Waals surface area contributed by atoms with E-state index in [1.54, 1.807) is 4.90 Å². The van der Waals surface area contributed by atoms with Gasteiger partial charge in [0.1, 0.15) is 18.3 Å². The lowest BCUT2D eigenvalue weighted by molar-refractivity contribution is -0.190. The largest absolute Gasteiger partial charge is 0.388 e. The molecular weight excluding hydrogens is 304 g/mol. The van der Waals surface area contributed by atoms with Gasteiger partial charge in [-0.3, -0.25) is 4.99 Å². The highest BCUT2D eigenvalue weighted by molar-refractivity contribution is 8.14. The van der Waals surface area contributed by atoms with Gasteiger partial charge in [-0.2, -0.15) is 0 Å². The molecule has 0 unspecified atom stereocenters. The fourth-order valence-corrected chi connectivity index (χ4v) is 4.25. The molecule has 0 saturated carbocycles. The quantitative estimate of drug-likeness (QED) is 0.508. The Hall–Kier alpha value is -0.340. The minimum absolute atomic E-state index is 0.387. The summed E-state index contributed by atoms with van der Waals surface area (Å²) < 4.78 is 0. The van der Waals surface area contributed by atoms with Crippen LogP contribution in [-0.2, 0) is 0 Å². The molecule has 2 aliphatic heterocycles. The van der Waals surface area contributed by atoms with Gasteiger partial charge < -0.3 is 25.3 Å². The number of unbranched alkanes of at least 4 members (excludes halogenated alkanes) is 5. The van der Waals surface area contributed by atoms with E-state index in [1.165, 1.54) is 37.4 Å². The van der Waals surface area contributed by atoms with Gasteiger partial charge in [0.25, 0.3) is 0 Å². The molecule has 0 aliphatic carbocycles. The zero-order chi connectivity index (χ0) is 16.1. The molecule has 2 heterocycles. The molecule has 0 aromatic carbocycles. The van der Waals surface area contributed by atoms with Crippen molar-refractivity contribution in [1.82, 2.24) is 4.90 Å². The van der Waals surface area contributed by atoms with Crippen LogP contribution in [0.5, 0.6) is 0 Å². The van der Waals surface area contributed by atoms with Crippen LogP contribution >= 0.6 is 11.8 Å². The van der Waals surface area contributed by atoms with Crippen molar-refractivity contribution in [2.75, 3.05) is 12.3 Å². The summed E-state index contributed by atoms with van der Waals surface area (Å²) in [6, 6.07) is -0.387. The third-order valence-corrected chi connectivity index (χ3v) is 5.51. The van der Waals surface area contributed by atoms with E-state index in [0.717, 1.165) is 12.8 Å². The normalized spacial score (nSPS) is 36.9.